The molecule has 2 aromatic rings. The molecule has 15 nitrogen and oxygen atoms in total. The zero-order valence-corrected chi connectivity index (χ0v) is 19.9. The number of benzene rings is 1. The molecule has 9 N–H and O–H groups in total. The number of piperidine rings is 1. The third-order valence-corrected chi connectivity index (χ3v) is 7.87. The number of hydrogen-bond donors (Lipinski definition) is 6. The lowest BCUT2D eigenvalue weighted by molar-refractivity contribution is 0.0422. The summed E-state index contributed by atoms with van der Waals surface area (Å²) in [6, 6.07) is 2.61. The number of aliphatic hydroxyl groups is 1. The predicted octanol–water partition coefficient (Wildman–Crippen LogP) is -2.94. The molecule has 0 bridgehead atoms. The van der Waals surface area contributed by atoms with E-state index in [1.165, 1.54) is 6.07 Å². The van der Waals surface area contributed by atoms with Crippen molar-refractivity contribution in [1.29, 1.82) is 0 Å². The highest BCUT2D eigenvalue weighted by atomic mass is 32.2. The van der Waals surface area contributed by atoms with Crippen LogP contribution in [0.15, 0.2) is 21.9 Å². The van der Waals surface area contributed by atoms with Crippen molar-refractivity contribution in [3.63, 3.8) is 0 Å². The molecule has 1 aromatic heterocycles. The van der Waals surface area contributed by atoms with Gasteiger partial charge in [0, 0.05) is 38.4 Å². The van der Waals surface area contributed by atoms with Crippen molar-refractivity contribution < 1.29 is 26.7 Å². The first-order valence-corrected chi connectivity index (χ1v) is 13.5. The number of anilines is 1. The van der Waals surface area contributed by atoms with Crippen LogP contribution in [-0.4, -0.2) is 94.1 Å². The van der Waals surface area contributed by atoms with Crippen LogP contribution in [0.4, 0.5) is 5.69 Å². The second-order valence-corrected chi connectivity index (χ2v) is 10.9. The highest BCUT2D eigenvalue weighted by molar-refractivity contribution is 7.92. The number of tetrazole rings is 1. The largest absolute Gasteiger partial charge is 0.390 e. The fourth-order valence-corrected chi connectivity index (χ4v) is 6.33. The average Bonchev–Trinajstić information content (AvgIpc) is 3.34. The summed E-state index contributed by atoms with van der Waals surface area (Å²) < 4.78 is 59.2. The number of H-pyrrole nitrogens is 1. The van der Waals surface area contributed by atoms with Gasteiger partial charge in [-0.05, 0) is 30.2 Å². The maximum absolute atomic E-state index is 13.0. The topological polar surface area (TPSA) is 246 Å². The van der Waals surface area contributed by atoms with Crippen LogP contribution >= 0.6 is 0 Å². The third-order valence-electron chi connectivity index (χ3n) is 5.28. The van der Waals surface area contributed by atoms with E-state index in [4.69, 9.17) is 21.3 Å². The Morgan fingerprint density at radius 1 is 1.24 bits per heavy atom. The molecule has 1 saturated heterocycles. The molecule has 0 aliphatic carbocycles. The first-order chi connectivity index (χ1) is 16.1. The Morgan fingerprint density at radius 3 is 2.50 bits per heavy atom. The van der Waals surface area contributed by atoms with E-state index in [0.29, 0.717) is 44.8 Å². The van der Waals surface area contributed by atoms with Crippen molar-refractivity contribution in [1.82, 2.24) is 25.3 Å². The fourth-order valence-electron chi connectivity index (χ4n) is 3.66. The molecule has 34 heavy (non-hydrogen) atoms. The first kappa shape index (κ1) is 26.4. The number of aromatic amines is 1. The Labute approximate surface area is 197 Å². The second-order valence-electron chi connectivity index (χ2n) is 7.65. The van der Waals surface area contributed by atoms with E-state index in [2.05, 4.69) is 25.3 Å². The van der Waals surface area contributed by atoms with Crippen molar-refractivity contribution in [2.75, 3.05) is 44.2 Å². The summed E-state index contributed by atoms with van der Waals surface area (Å²) >= 11 is 0. The summed E-state index contributed by atoms with van der Waals surface area (Å²) in [6.45, 7) is 1.23. The highest BCUT2D eigenvalue weighted by Gasteiger charge is 2.34. The molecule has 0 radical (unpaired) electrons. The number of hydrogen-bond acceptors (Lipinski definition) is 12. The zero-order chi connectivity index (χ0) is 24.9. The van der Waals surface area contributed by atoms with Gasteiger partial charge in [0.05, 0.1) is 24.4 Å². The van der Waals surface area contributed by atoms with Gasteiger partial charge in [-0.15, -0.1) is 10.2 Å². The summed E-state index contributed by atoms with van der Waals surface area (Å²) in [4.78, 5) is 0.594. The monoisotopic (exact) mass is 519 g/mol. The summed E-state index contributed by atoms with van der Waals surface area (Å²) in [7, 11) is -9.02. The maximum Gasteiger partial charge on any atom is 0.242 e. The number of rotatable bonds is 11. The average molecular weight is 520 g/mol. The Bertz CT molecular complexity index is 1170. The SMILES string of the molecule is NCCOC1CCN(c2ccc(S(=O)(=O)NC[C@H](O)CN)c(S(N)(=O)=O)c2-c2nn[nH]n2)CC1. The maximum atomic E-state index is 13.0. The number of nitrogens with one attached hydrogen (secondary N) is 2. The molecule has 0 amide bonds. The minimum absolute atomic E-state index is 0.00367. The molecule has 1 aliphatic rings. The molecular weight excluding hydrogens is 490 g/mol. The minimum Gasteiger partial charge on any atom is -0.390 e. The van der Waals surface area contributed by atoms with Crippen LogP contribution in [0.3, 0.4) is 0 Å². The minimum atomic E-state index is -4.59. The van der Waals surface area contributed by atoms with Crippen molar-refractivity contribution >= 4 is 25.7 Å². The van der Waals surface area contributed by atoms with Crippen LogP contribution in [0, 0.1) is 0 Å². The van der Waals surface area contributed by atoms with Crippen LogP contribution in [0.2, 0.25) is 0 Å². The number of nitrogens with zero attached hydrogens (tertiary/aromatic N) is 4. The molecular formula is C17H29N9O6S2. The Kier molecular flexibility index (Phi) is 8.52. The van der Waals surface area contributed by atoms with E-state index < -0.39 is 42.5 Å². The van der Waals surface area contributed by atoms with Gasteiger partial charge in [0.25, 0.3) is 0 Å². The molecule has 1 aliphatic heterocycles. The van der Waals surface area contributed by atoms with E-state index in [1.807, 2.05) is 4.90 Å². The molecule has 1 atom stereocenters. The molecule has 190 valence electrons. The lowest BCUT2D eigenvalue weighted by atomic mass is 10.0. The Morgan fingerprint density at radius 2 is 1.94 bits per heavy atom. The molecule has 0 unspecified atom stereocenters. The van der Waals surface area contributed by atoms with Gasteiger partial charge in [-0.3, -0.25) is 0 Å². The second kappa shape index (κ2) is 11.0. The van der Waals surface area contributed by atoms with Gasteiger partial charge >= 0.3 is 0 Å². The van der Waals surface area contributed by atoms with Crippen molar-refractivity contribution in [2.45, 2.75) is 34.8 Å². The number of aliphatic hydroxyl groups excluding tert-OH is 1. The van der Waals surface area contributed by atoms with Crippen molar-refractivity contribution in [3.8, 4) is 11.4 Å². The van der Waals surface area contributed by atoms with Crippen LogP contribution in [0.5, 0.6) is 0 Å². The summed E-state index contributed by atoms with van der Waals surface area (Å²) in [5.41, 5.74) is 11.1. The van der Waals surface area contributed by atoms with Gasteiger partial charge in [0.15, 0.2) is 0 Å². The summed E-state index contributed by atoms with van der Waals surface area (Å²) in [5, 5.41) is 28.6. The number of aromatic nitrogens is 4. The molecule has 0 spiro atoms. The number of primary sulfonamides is 1. The quantitative estimate of drug-likeness (QED) is 0.174. The first-order valence-electron chi connectivity index (χ1n) is 10.5. The smallest absolute Gasteiger partial charge is 0.242 e. The van der Waals surface area contributed by atoms with Gasteiger partial charge in [-0.2, -0.15) is 5.21 Å². The Balaban J connectivity index is 2.09. The molecule has 3 rings (SSSR count). The normalized spacial score (nSPS) is 16.6. The fraction of sp³-hybridized carbons (Fsp3) is 0.588. The predicted molar refractivity (Wildman–Crippen MR) is 121 cm³/mol. The molecule has 1 aromatic carbocycles. The van der Waals surface area contributed by atoms with Gasteiger partial charge in [-0.1, -0.05) is 0 Å². The van der Waals surface area contributed by atoms with Gasteiger partial charge in [0.1, 0.15) is 9.79 Å². The summed E-state index contributed by atoms with van der Waals surface area (Å²) in [6.07, 6.45) is 0.139. The standard InChI is InChI=1S/C17H29N9O6S2/c18-5-8-32-12-3-6-26(7-4-12)13-1-2-14(34(30,31)21-10-11(27)9-19)16(33(20,28)29)15(13)17-22-24-25-23-17/h1-2,11-12,21,27H,3-10,18-19H2,(H2,20,28,29)(H,22,23,24,25)/t11-/m1/s1. The van der Waals surface area contributed by atoms with Crippen LogP contribution < -0.4 is 26.2 Å². The molecule has 2 heterocycles. The van der Waals surface area contributed by atoms with Gasteiger partial charge < -0.3 is 26.2 Å². The zero-order valence-electron chi connectivity index (χ0n) is 18.3. The third kappa shape index (κ3) is 6.05. The van der Waals surface area contributed by atoms with E-state index in [0.717, 1.165) is 6.07 Å². The van der Waals surface area contributed by atoms with E-state index in [1.54, 1.807) is 0 Å². The van der Waals surface area contributed by atoms with Crippen LogP contribution in [-0.2, 0) is 24.8 Å². The molecule has 0 saturated carbocycles. The van der Waals surface area contributed by atoms with Gasteiger partial charge in [0.2, 0.25) is 25.9 Å². The Hall–Kier alpha value is -2.25. The number of sulfonamides is 2. The van der Waals surface area contributed by atoms with Gasteiger partial charge in [-0.25, -0.2) is 26.7 Å². The summed E-state index contributed by atoms with van der Waals surface area (Å²) in [5.74, 6) is -0.139. The number of nitrogens with two attached hydrogens (primary N) is 3. The van der Waals surface area contributed by atoms with Crippen LogP contribution in [0.1, 0.15) is 12.8 Å². The van der Waals surface area contributed by atoms with E-state index in [9.17, 15) is 21.9 Å². The number of ether oxygens (including phenoxy) is 1. The van der Waals surface area contributed by atoms with Crippen LogP contribution in [0.25, 0.3) is 11.4 Å². The highest BCUT2D eigenvalue weighted by Crippen LogP contribution is 2.39. The van der Waals surface area contributed by atoms with Crippen molar-refractivity contribution in [3.05, 3.63) is 12.1 Å². The lowest BCUT2D eigenvalue weighted by Gasteiger charge is -2.35. The lowest BCUT2D eigenvalue weighted by Crippen LogP contribution is -2.39. The van der Waals surface area contributed by atoms with E-state index in [-0.39, 0.29) is 24.0 Å². The van der Waals surface area contributed by atoms with Crippen molar-refractivity contribution in [2.24, 2.45) is 16.6 Å². The van der Waals surface area contributed by atoms with E-state index >= 15 is 0 Å². The molecule has 17 heteroatoms. The molecule has 1 fully saturated rings.